The maximum atomic E-state index is 12.6. The van der Waals surface area contributed by atoms with E-state index < -0.39 is 11.9 Å². The number of pyridine rings is 1. The molecule has 2 aromatic rings. The van der Waals surface area contributed by atoms with Gasteiger partial charge in [0.1, 0.15) is 23.7 Å². The molecule has 2 rings (SSSR count). The Hall–Kier alpha value is -2.38. The van der Waals surface area contributed by atoms with E-state index in [1.54, 1.807) is 0 Å². The van der Waals surface area contributed by atoms with E-state index in [1.807, 2.05) is 0 Å². The molecule has 0 saturated heterocycles. The van der Waals surface area contributed by atoms with Gasteiger partial charge in [0.25, 0.3) is 0 Å². The van der Waals surface area contributed by atoms with E-state index in [4.69, 9.17) is 11.1 Å². The average Bonchev–Trinajstić information content (AvgIpc) is 2.80. The minimum absolute atomic E-state index is 0.0742. The van der Waals surface area contributed by atoms with Crippen LogP contribution in [0.5, 0.6) is 0 Å². The number of aromatic nitrogens is 3. The molecular weight excluding hydrogens is 247 g/mol. The normalized spacial score (nSPS) is 11.5. The van der Waals surface area contributed by atoms with Crippen LogP contribution in [-0.2, 0) is 6.18 Å². The van der Waals surface area contributed by atoms with Crippen molar-refractivity contribution >= 4 is 5.84 Å². The van der Waals surface area contributed by atoms with E-state index >= 15 is 0 Å². The van der Waals surface area contributed by atoms with Crippen molar-refractivity contribution in [2.75, 3.05) is 0 Å². The summed E-state index contributed by atoms with van der Waals surface area (Å²) >= 11 is 0. The van der Waals surface area contributed by atoms with Crippen LogP contribution in [0.3, 0.4) is 0 Å². The van der Waals surface area contributed by atoms with Crippen LogP contribution in [0.4, 0.5) is 13.2 Å². The van der Waals surface area contributed by atoms with Crippen molar-refractivity contribution < 1.29 is 13.2 Å². The topological polar surface area (TPSA) is 80.6 Å². The van der Waals surface area contributed by atoms with E-state index in [2.05, 4.69) is 9.97 Å². The number of nitrogens with one attached hydrogen (secondary N) is 1. The molecule has 3 N–H and O–H groups in total. The molecule has 0 amide bonds. The number of amidine groups is 1. The molecule has 8 heteroatoms. The smallest absolute Gasteiger partial charge is 0.384 e. The highest BCUT2D eigenvalue weighted by molar-refractivity contribution is 5.97. The fourth-order valence-electron chi connectivity index (χ4n) is 1.40. The van der Waals surface area contributed by atoms with Crippen LogP contribution >= 0.6 is 0 Å². The fourth-order valence-corrected chi connectivity index (χ4v) is 1.40. The highest BCUT2D eigenvalue weighted by Gasteiger charge is 2.33. The van der Waals surface area contributed by atoms with Gasteiger partial charge in [0, 0.05) is 12.4 Å². The van der Waals surface area contributed by atoms with Crippen molar-refractivity contribution in [3.8, 4) is 5.82 Å². The van der Waals surface area contributed by atoms with Gasteiger partial charge in [-0.2, -0.15) is 13.2 Å². The molecule has 0 unspecified atom stereocenters. The molecule has 0 aliphatic heterocycles. The third-order valence-corrected chi connectivity index (χ3v) is 2.20. The Kier molecular flexibility index (Phi) is 2.77. The lowest BCUT2D eigenvalue weighted by atomic mass is 10.2. The first kappa shape index (κ1) is 12.1. The summed E-state index contributed by atoms with van der Waals surface area (Å²) in [6, 6.07) is 1.91. The maximum Gasteiger partial charge on any atom is 0.433 e. The summed E-state index contributed by atoms with van der Waals surface area (Å²) in [6.45, 7) is 0. The van der Waals surface area contributed by atoms with Crippen molar-refractivity contribution in [2.45, 2.75) is 6.18 Å². The van der Waals surface area contributed by atoms with E-state index in [-0.39, 0.29) is 17.2 Å². The predicted molar refractivity (Wildman–Crippen MR) is 57.4 cm³/mol. The Bertz CT molecular complexity index is 574. The molecule has 0 radical (unpaired) electrons. The van der Waals surface area contributed by atoms with Crippen LogP contribution < -0.4 is 5.73 Å². The summed E-state index contributed by atoms with van der Waals surface area (Å²) in [6.07, 6.45) is -0.444. The lowest BCUT2D eigenvalue weighted by molar-refractivity contribution is -0.141. The zero-order valence-corrected chi connectivity index (χ0v) is 8.94. The van der Waals surface area contributed by atoms with Gasteiger partial charge in [-0.1, -0.05) is 0 Å². The summed E-state index contributed by atoms with van der Waals surface area (Å²) in [5.41, 5.74) is 4.37. The summed E-state index contributed by atoms with van der Waals surface area (Å²) in [4.78, 5) is 7.21. The lowest BCUT2D eigenvalue weighted by Crippen LogP contribution is -2.18. The zero-order valence-electron chi connectivity index (χ0n) is 8.94. The molecule has 0 atom stereocenters. The Labute approximate surface area is 99.6 Å². The van der Waals surface area contributed by atoms with Gasteiger partial charge in [-0.15, -0.1) is 0 Å². The SMILES string of the molecule is N=C(N)c1ccc(C(F)(F)F)nc1-n1ccnc1. The summed E-state index contributed by atoms with van der Waals surface area (Å²) in [5.74, 6) is -0.435. The Morgan fingerprint density at radius 3 is 2.56 bits per heavy atom. The number of rotatable bonds is 2. The van der Waals surface area contributed by atoms with Crippen LogP contribution in [0.15, 0.2) is 30.9 Å². The van der Waals surface area contributed by atoms with Gasteiger partial charge in [0.2, 0.25) is 0 Å². The summed E-state index contributed by atoms with van der Waals surface area (Å²) in [7, 11) is 0. The van der Waals surface area contributed by atoms with Gasteiger partial charge in [0.05, 0.1) is 5.56 Å². The van der Waals surface area contributed by atoms with Crippen molar-refractivity contribution in [3.63, 3.8) is 0 Å². The van der Waals surface area contributed by atoms with Crippen LogP contribution in [0.1, 0.15) is 11.3 Å². The number of halogens is 3. The monoisotopic (exact) mass is 255 g/mol. The van der Waals surface area contributed by atoms with Gasteiger partial charge in [0.15, 0.2) is 0 Å². The molecule has 0 aliphatic carbocycles. The quantitative estimate of drug-likeness (QED) is 0.631. The van der Waals surface area contributed by atoms with Crippen LogP contribution in [0.25, 0.3) is 5.82 Å². The van der Waals surface area contributed by atoms with E-state index in [9.17, 15) is 13.2 Å². The Morgan fingerprint density at radius 1 is 1.33 bits per heavy atom. The van der Waals surface area contributed by atoms with Crippen LogP contribution in [-0.4, -0.2) is 20.4 Å². The molecule has 94 valence electrons. The first-order valence-electron chi connectivity index (χ1n) is 4.80. The first-order chi connectivity index (χ1) is 8.39. The summed E-state index contributed by atoms with van der Waals surface area (Å²) in [5, 5.41) is 7.33. The molecule has 0 aliphatic rings. The molecule has 0 aromatic carbocycles. The molecule has 18 heavy (non-hydrogen) atoms. The minimum Gasteiger partial charge on any atom is -0.384 e. The number of nitrogens with zero attached hydrogens (tertiary/aromatic N) is 3. The second-order valence-electron chi connectivity index (χ2n) is 3.45. The van der Waals surface area contributed by atoms with Crippen molar-refractivity contribution in [3.05, 3.63) is 42.1 Å². The minimum atomic E-state index is -4.55. The second-order valence-corrected chi connectivity index (χ2v) is 3.45. The Balaban J connectivity index is 2.63. The molecule has 5 nitrogen and oxygen atoms in total. The molecule has 0 fully saturated rings. The number of nitrogens with two attached hydrogens (primary N) is 1. The lowest BCUT2D eigenvalue weighted by Gasteiger charge is -2.11. The number of hydrogen-bond acceptors (Lipinski definition) is 3. The average molecular weight is 255 g/mol. The van der Waals surface area contributed by atoms with Gasteiger partial charge in [-0.25, -0.2) is 9.97 Å². The van der Waals surface area contributed by atoms with Crippen LogP contribution in [0, 0.1) is 5.41 Å². The molecular formula is C10H8F3N5. The molecule has 0 spiro atoms. The van der Waals surface area contributed by atoms with Gasteiger partial charge < -0.3 is 5.73 Å². The van der Waals surface area contributed by atoms with E-state index in [0.29, 0.717) is 0 Å². The second kappa shape index (κ2) is 4.13. The number of alkyl halides is 3. The summed E-state index contributed by atoms with van der Waals surface area (Å²) < 4.78 is 39.0. The van der Waals surface area contributed by atoms with E-state index in [1.165, 1.54) is 23.3 Å². The van der Waals surface area contributed by atoms with Gasteiger partial charge in [-0.05, 0) is 12.1 Å². The third kappa shape index (κ3) is 2.17. The first-order valence-corrected chi connectivity index (χ1v) is 4.80. The number of nitrogen functional groups attached to an aromatic ring is 1. The van der Waals surface area contributed by atoms with E-state index in [0.717, 1.165) is 12.1 Å². The van der Waals surface area contributed by atoms with Crippen molar-refractivity contribution in [2.24, 2.45) is 5.73 Å². The van der Waals surface area contributed by atoms with Crippen molar-refractivity contribution in [1.29, 1.82) is 5.41 Å². The van der Waals surface area contributed by atoms with Crippen LogP contribution in [0.2, 0.25) is 0 Å². The number of imidazole rings is 1. The van der Waals surface area contributed by atoms with Gasteiger partial charge in [-0.3, -0.25) is 9.98 Å². The molecule has 2 aromatic heterocycles. The molecule has 2 heterocycles. The largest absolute Gasteiger partial charge is 0.433 e. The molecule has 0 bridgehead atoms. The Morgan fingerprint density at radius 2 is 2.06 bits per heavy atom. The number of hydrogen-bond donors (Lipinski definition) is 2. The highest BCUT2D eigenvalue weighted by atomic mass is 19.4. The predicted octanol–water partition coefficient (Wildman–Crippen LogP) is 1.57. The standard InChI is InChI=1S/C10H8F3N5/c11-10(12,13)7-2-1-6(8(14)15)9(17-7)18-4-3-16-5-18/h1-5H,(H3,14,15). The van der Waals surface area contributed by atoms with Crippen molar-refractivity contribution in [1.82, 2.24) is 14.5 Å². The third-order valence-electron chi connectivity index (χ3n) is 2.20. The zero-order chi connectivity index (χ0) is 13.3. The van der Waals surface area contributed by atoms with Gasteiger partial charge >= 0.3 is 6.18 Å². The highest BCUT2D eigenvalue weighted by Crippen LogP contribution is 2.28. The maximum absolute atomic E-state index is 12.6. The molecule has 0 saturated carbocycles. The fraction of sp³-hybridized carbons (Fsp3) is 0.100.